The third-order valence-corrected chi connectivity index (χ3v) is 4.16. The largest absolute Gasteiger partial charge is 0.465 e. The maximum Gasteiger partial charge on any atom is 0.337 e. The Balaban J connectivity index is 3.32. The van der Waals surface area contributed by atoms with Crippen molar-refractivity contribution in [1.82, 2.24) is 0 Å². The molecule has 108 valence electrons. The summed E-state index contributed by atoms with van der Waals surface area (Å²) in [5.41, 5.74) is 1.92. The maximum atomic E-state index is 11.7. The van der Waals surface area contributed by atoms with E-state index in [1.165, 1.54) is 17.7 Å². The van der Waals surface area contributed by atoms with Crippen molar-refractivity contribution in [2.75, 3.05) is 24.7 Å². The quantitative estimate of drug-likeness (QED) is 0.831. The van der Waals surface area contributed by atoms with Gasteiger partial charge in [-0.3, -0.25) is 13.4 Å². The molecule has 0 aliphatic carbocycles. The van der Waals surface area contributed by atoms with Crippen molar-refractivity contribution in [2.24, 2.45) is 0 Å². The number of methoxy groups -OCH3 is 1. The minimum Gasteiger partial charge on any atom is -0.465 e. The second kappa shape index (κ2) is 5.81. The van der Waals surface area contributed by atoms with E-state index in [4.69, 9.17) is 4.74 Å². The van der Waals surface area contributed by atoms with Gasteiger partial charge in [0.05, 0.1) is 18.4 Å². The van der Waals surface area contributed by atoms with E-state index in [0.717, 1.165) is 5.56 Å². The predicted molar refractivity (Wildman–Crippen MR) is 79.0 cm³/mol. The number of ether oxygens (including phenoxy) is 1. The van der Waals surface area contributed by atoms with Gasteiger partial charge in [0.25, 0.3) is 0 Å². The Bertz CT molecular complexity index is 468. The van der Waals surface area contributed by atoms with Crippen molar-refractivity contribution in [2.45, 2.75) is 19.8 Å². The molecule has 0 radical (unpaired) electrons. The zero-order valence-corrected chi connectivity index (χ0v) is 12.7. The van der Waals surface area contributed by atoms with Crippen LogP contribution >= 0.6 is 10.8 Å². The second-order valence-electron chi connectivity index (χ2n) is 4.75. The lowest BCUT2D eigenvalue weighted by Crippen LogP contribution is -2.22. The highest BCUT2D eigenvalue weighted by molar-refractivity contribution is 8.24. The summed E-state index contributed by atoms with van der Waals surface area (Å²) in [6, 6.07) is 5.19. The lowest BCUT2D eigenvalue weighted by atomic mass is 10.00. The van der Waals surface area contributed by atoms with Gasteiger partial charge in [-0.25, -0.2) is 4.79 Å². The predicted octanol–water partition coefficient (Wildman–Crippen LogP) is 3.33. The molecule has 0 saturated heterocycles. The molecule has 1 aromatic rings. The van der Waals surface area contributed by atoms with E-state index >= 15 is 0 Å². The maximum absolute atomic E-state index is 11.7. The summed E-state index contributed by atoms with van der Waals surface area (Å²) in [5.74, 6) is -0.222. The van der Waals surface area contributed by atoms with Crippen LogP contribution in [-0.4, -0.2) is 35.5 Å². The first kappa shape index (κ1) is 15.8. The highest BCUT2D eigenvalue weighted by Gasteiger charge is 2.17. The van der Waals surface area contributed by atoms with Crippen LogP contribution in [0, 0.1) is 0 Å². The van der Waals surface area contributed by atoms with Crippen LogP contribution in [0.2, 0.25) is 0 Å². The number of carbonyl (C=O) groups is 1. The van der Waals surface area contributed by atoms with Gasteiger partial charge in [0, 0.05) is 13.3 Å². The van der Waals surface area contributed by atoms with Crippen molar-refractivity contribution in [3.8, 4) is 0 Å². The number of esters is 1. The van der Waals surface area contributed by atoms with E-state index in [1.807, 2.05) is 19.9 Å². The number of benzene rings is 1. The summed E-state index contributed by atoms with van der Waals surface area (Å²) in [5, 5.41) is 0. The lowest BCUT2D eigenvalue weighted by Gasteiger charge is -2.38. The molecule has 0 aliphatic rings. The van der Waals surface area contributed by atoms with Crippen LogP contribution in [0.25, 0.3) is 0 Å². The highest BCUT2D eigenvalue weighted by atomic mass is 32.3. The Morgan fingerprint density at radius 2 is 1.89 bits per heavy atom. The Labute approximate surface area is 115 Å². The normalized spacial score (nSPS) is 12.4. The molecule has 0 spiro atoms. The van der Waals surface area contributed by atoms with Gasteiger partial charge in [-0.2, -0.15) is 0 Å². The minimum atomic E-state index is -2.87. The van der Waals surface area contributed by atoms with Crippen LogP contribution in [0.15, 0.2) is 18.2 Å². The first-order valence-electron chi connectivity index (χ1n) is 5.87. The fourth-order valence-electron chi connectivity index (χ4n) is 1.59. The van der Waals surface area contributed by atoms with Crippen LogP contribution < -0.4 is 4.31 Å². The minimum absolute atomic E-state index is 0.218. The number of carbonyl (C=O) groups excluding carboxylic acids is 1. The molecule has 0 amide bonds. The average molecular weight is 287 g/mol. The van der Waals surface area contributed by atoms with E-state index in [9.17, 15) is 13.9 Å². The van der Waals surface area contributed by atoms with E-state index in [1.54, 1.807) is 19.2 Å². The van der Waals surface area contributed by atoms with Crippen LogP contribution in [0.1, 0.15) is 35.7 Å². The Kier molecular flexibility index (Phi) is 4.84. The first-order chi connectivity index (χ1) is 8.66. The van der Waals surface area contributed by atoms with E-state index in [2.05, 4.69) is 0 Å². The lowest BCUT2D eigenvalue weighted by molar-refractivity contribution is 0.0600. The first-order valence-corrected chi connectivity index (χ1v) is 7.78. The van der Waals surface area contributed by atoms with Gasteiger partial charge in [-0.05, 0) is 29.7 Å². The standard InChI is InChI=1S/C13H21NO4S/c1-9(2)10-6-11(13(15)18-4)8-12(7-10)14(3)19(5,16)17/h6-9,16-17H,1-5H3. The monoisotopic (exact) mass is 287 g/mol. The fourth-order valence-corrected chi connectivity index (χ4v) is 2.09. The fraction of sp³-hybridized carbons (Fsp3) is 0.462. The smallest absolute Gasteiger partial charge is 0.337 e. The van der Waals surface area contributed by atoms with Gasteiger partial charge in [0.1, 0.15) is 0 Å². The molecule has 0 fully saturated rings. The van der Waals surface area contributed by atoms with Gasteiger partial charge < -0.3 is 4.74 Å². The SMILES string of the molecule is COC(=O)c1cc(C(C)C)cc(N(C)S(C)(O)O)c1. The summed E-state index contributed by atoms with van der Waals surface area (Å²) >= 11 is 0. The van der Waals surface area contributed by atoms with Gasteiger partial charge in [0.15, 0.2) is 0 Å². The van der Waals surface area contributed by atoms with Crippen molar-refractivity contribution in [1.29, 1.82) is 0 Å². The Morgan fingerprint density at radius 3 is 2.32 bits per heavy atom. The number of anilines is 1. The zero-order chi connectivity index (χ0) is 14.8. The molecule has 0 bridgehead atoms. The summed E-state index contributed by atoms with van der Waals surface area (Å²) in [4.78, 5) is 11.7. The van der Waals surface area contributed by atoms with Crippen LogP contribution in [-0.2, 0) is 4.74 Å². The van der Waals surface area contributed by atoms with Crippen molar-refractivity contribution >= 4 is 22.4 Å². The van der Waals surface area contributed by atoms with Gasteiger partial charge in [-0.1, -0.05) is 13.8 Å². The number of hydrogen-bond acceptors (Lipinski definition) is 5. The van der Waals surface area contributed by atoms with Crippen LogP contribution in [0.5, 0.6) is 0 Å². The van der Waals surface area contributed by atoms with E-state index < -0.39 is 16.7 Å². The molecular formula is C13H21NO4S. The summed E-state index contributed by atoms with van der Waals surface area (Å²) < 4.78 is 25.5. The second-order valence-corrected chi connectivity index (χ2v) is 6.88. The van der Waals surface area contributed by atoms with E-state index in [0.29, 0.717) is 11.3 Å². The van der Waals surface area contributed by atoms with Crippen molar-refractivity contribution in [3.63, 3.8) is 0 Å². The summed E-state index contributed by atoms with van der Waals surface area (Å²) in [7, 11) is 0.0336. The zero-order valence-electron chi connectivity index (χ0n) is 11.9. The molecule has 1 aromatic carbocycles. The highest BCUT2D eigenvalue weighted by Crippen LogP contribution is 2.41. The van der Waals surface area contributed by atoms with Crippen molar-refractivity contribution in [3.05, 3.63) is 29.3 Å². The Morgan fingerprint density at radius 1 is 1.32 bits per heavy atom. The number of nitrogens with zero attached hydrogens (tertiary/aromatic N) is 1. The van der Waals surface area contributed by atoms with Gasteiger partial charge in [-0.15, -0.1) is 10.8 Å². The van der Waals surface area contributed by atoms with E-state index in [-0.39, 0.29) is 5.92 Å². The summed E-state index contributed by atoms with van der Waals surface area (Å²) in [6.45, 7) is 4.01. The van der Waals surface area contributed by atoms with Crippen molar-refractivity contribution < 1.29 is 18.6 Å². The van der Waals surface area contributed by atoms with Gasteiger partial charge >= 0.3 is 5.97 Å². The van der Waals surface area contributed by atoms with Crippen LogP contribution in [0.4, 0.5) is 5.69 Å². The van der Waals surface area contributed by atoms with Crippen LogP contribution in [0.3, 0.4) is 0 Å². The molecular weight excluding hydrogens is 266 g/mol. The molecule has 1 rings (SSSR count). The van der Waals surface area contributed by atoms with Gasteiger partial charge in [0.2, 0.25) is 0 Å². The Hall–Kier alpha value is -1.24. The molecule has 0 unspecified atom stereocenters. The molecule has 2 N–H and O–H groups in total. The number of hydrogen-bond donors (Lipinski definition) is 2. The third kappa shape index (κ3) is 3.86. The molecule has 0 saturated carbocycles. The molecule has 0 aliphatic heterocycles. The third-order valence-electron chi connectivity index (χ3n) is 2.91. The molecule has 0 heterocycles. The molecule has 6 heteroatoms. The molecule has 0 aromatic heterocycles. The topological polar surface area (TPSA) is 70.0 Å². The molecule has 5 nitrogen and oxygen atoms in total. The average Bonchev–Trinajstić information content (AvgIpc) is 2.35. The number of rotatable bonds is 4. The summed E-state index contributed by atoms with van der Waals surface area (Å²) in [6.07, 6.45) is 1.34. The molecule has 0 atom stereocenters. The molecule has 19 heavy (non-hydrogen) atoms.